The van der Waals surface area contributed by atoms with Crippen molar-refractivity contribution in [3.8, 4) is 5.75 Å². The van der Waals surface area contributed by atoms with Gasteiger partial charge in [-0.1, -0.05) is 0 Å². The minimum absolute atomic E-state index is 0.225. The molecule has 6 nitrogen and oxygen atoms in total. The van der Waals surface area contributed by atoms with E-state index in [-0.39, 0.29) is 6.61 Å². The summed E-state index contributed by atoms with van der Waals surface area (Å²) >= 11 is 0. The number of methoxy groups -OCH3 is 1. The zero-order chi connectivity index (χ0) is 12.3. The van der Waals surface area contributed by atoms with Crippen molar-refractivity contribution in [2.75, 3.05) is 44.1 Å². The highest BCUT2D eigenvalue weighted by molar-refractivity contribution is 5.64. The van der Waals surface area contributed by atoms with E-state index in [1.807, 2.05) is 0 Å². The first kappa shape index (κ1) is 11.9. The second-order valence-corrected chi connectivity index (χ2v) is 4.11. The van der Waals surface area contributed by atoms with Crippen molar-refractivity contribution in [2.45, 2.75) is 6.42 Å². The molecular weight excluding hydrogens is 220 g/mol. The van der Waals surface area contributed by atoms with Gasteiger partial charge in [-0.3, -0.25) is 0 Å². The molecule has 0 bridgehead atoms. The number of ether oxygens (including phenoxy) is 1. The molecule has 2 rings (SSSR count). The predicted molar refractivity (Wildman–Crippen MR) is 65.5 cm³/mol. The van der Waals surface area contributed by atoms with E-state index in [2.05, 4.69) is 20.2 Å². The maximum absolute atomic E-state index is 9.15. The minimum atomic E-state index is 0.225. The van der Waals surface area contributed by atoms with Crippen LogP contribution >= 0.6 is 0 Å². The van der Waals surface area contributed by atoms with E-state index in [0.29, 0.717) is 17.5 Å². The quantitative estimate of drug-likeness (QED) is 0.788. The molecule has 17 heavy (non-hydrogen) atoms. The molecule has 2 N–H and O–H groups in total. The minimum Gasteiger partial charge on any atom is -0.490 e. The third-order valence-electron chi connectivity index (χ3n) is 3.07. The fourth-order valence-corrected chi connectivity index (χ4v) is 2.13. The Morgan fingerprint density at radius 3 is 3.00 bits per heavy atom. The molecule has 0 radical (unpaired) electrons. The van der Waals surface area contributed by atoms with Crippen molar-refractivity contribution in [3.05, 3.63) is 6.33 Å². The van der Waals surface area contributed by atoms with Gasteiger partial charge >= 0.3 is 0 Å². The van der Waals surface area contributed by atoms with Crippen LogP contribution < -0.4 is 15.0 Å². The first-order chi connectivity index (χ1) is 8.30. The van der Waals surface area contributed by atoms with Crippen molar-refractivity contribution in [1.29, 1.82) is 0 Å². The first-order valence-corrected chi connectivity index (χ1v) is 5.72. The van der Waals surface area contributed by atoms with Crippen molar-refractivity contribution in [3.63, 3.8) is 0 Å². The van der Waals surface area contributed by atoms with Crippen LogP contribution in [-0.2, 0) is 0 Å². The molecule has 0 aliphatic carbocycles. The Morgan fingerprint density at radius 1 is 1.59 bits per heavy atom. The van der Waals surface area contributed by atoms with Crippen LogP contribution in [-0.4, -0.2) is 48.9 Å². The van der Waals surface area contributed by atoms with Gasteiger partial charge in [-0.15, -0.1) is 0 Å². The fraction of sp³-hybridized carbons (Fsp3) is 0.636. The zero-order valence-corrected chi connectivity index (χ0v) is 10.2. The van der Waals surface area contributed by atoms with Crippen molar-refractivity contribution in [1.82, 2.24) is 9.97 Å². The molecule has 1 aliphatic rings. The number of rotatable bonds is 4. The molecule has 1 aromatic rings. The number of aliphatic hydroxyl groups is 1. The smallest absolute Gasteiger partial charge is 0.204 e. The number of aromatic nitrogens is 2. The van der Waals surface area contributed by atoms with Crippen LogP contribution in [0.3, 0.4) is 0 Å². The third-order valence-corrected chi connectivity index (χ3v) is 3.07. The Balaban J connectivity index is 2.26. The monoisotopic (exact) mass is 238 g/mol. The summed E-state index contributed by atoms with van der Waals surface area (Å²) in [5.41, 5.74) is 0. The van der Waals surface area contributed by atoms with Gasteiger partial charge in [-0.25, -0.2) is 9.97 Å². The molecule has 1 saturated heterocycles. The Morgan fingerprint density at radius 2 is 2.41 bits per heavy atom. The Labute approximate surface area is 101 Å². The van der Waals surface area contributed by atoms with Crippen LogP contribution in [0.5, 0.6) is 5.75 Å². The summed E-state index contributed by atoms with van der Waals surface area (Å²) in [5, 5.41) is 12.1. The standard InChI is InChI=1S/C11H18N4O2/c1-12-10-9(17-2)11(14-7-13-10)15-4-3-8(5-15)6-16/h7-8,16H,3-6H2,1-2H3,(H,12,13,14). The van der Waals surface area contributed by atoms with Gasteiger partial charge in [0.25, 0.3) is 0 Å². The topological polar surface area (TPSA) is 70.5 Å². The Bertz CT molecular complexity index is 386. The van der Waals surface area contributed by atoms with Crippen LogP contribution in [0.15, 0.2) is 6.33 Å². The van der Waals surface area contributed by atoms with Gasteiger partial charge in [0.15, 0.2) is 11.6 Å². The number of hydrogen-bond donors (Lipinski definition) is 2. The highest BCUT2D eigenvalue weighted by atomic mass is 16.5. The summed E-state index contributed by atoms with van der Waals surface area (Å²) in [7, 11) is 3.41. The molecule has 1 unspecified atom stereocenters. The number of nitrogens with one attached hydrogen (secondary N) is 1. The van der Waals surface area contributed by atoms with Gasteiger partial charge in [0, 0.05) is 32.7 Å². The van der Waals surface area contributed by atoms with E-state index in [1.165, 1.54) is 6.33 Å². The summed E-state index contributed by atoms with van der Waals surface area (Å²) in [6, 6.07) is 0. The molecule has 1 aliphatic heterocycles. The van der Waals surface area contributed by atoms with E-state index >= 15 is 0 Å². The third kappa shape index (κ3) is 2.26. The summed E-state index contributed by atoms with van der Waals surface area (Å²) < 4.78 is 5.36. The molecule has 0 spiro atoms. The van der Waals surface area contributed by atoms with Crippen LogP contribution in [0.25, 0.3) is 0 Å². The molecule has 1 atom stereocenters. The second-order valence-electron chi connectivity index (χ2n) is 4.11. The molecule has 2 heterocycles. The maximum Gasteiger partial charge on any atom is 0.204 e. The Kier molecular flexibility index (Phi) is 3.63. The van der Waals surface area contributed by atoms with E-state index in [1.54, 1.807) is 14.2 Å². The number of anilines is 2. The lowest BCUT2D eigenvalue weighted by Gasteiger charge is -2.20. The fourth-order valence-electron chi connectivity index (χ4n) is 2.13. The number of nitrogens with zero attached hydrogens (tertiary/aromatic N) is 3. The van der Waals surface area contributed by atoms with E-state index in [9.17, 15) is 0 Å². The maximum atomic E-state index is 9.15. The SMILES string of the molecule is CNc1ncnc(N2CCC(CO)C2)c1OC. The molecular formula is C11H18N4O2. The van der Waals surface area contributed by atoms with Crippen molar-refractivity contribution >= 4 is 11.6 Å². The van der Waals surface area contributed by atoms with E-state index < -0.39 is 0 Å². The van der Waals surface area contributed by atoms with E-state index in [4.69, 9.17) is 9.84 Å². The van der Waals surface area contributed by atoms with Gasteiger partial charge in [-0.2, -0.15) is 0 Å². The van der Waals surface area contributed by atoms with Crippen LogP contribution in [0.2, 0.25) is 0 Å². The summed E-state index contributed by atoms with van der Waals surface area (Å²) in [6.45, 7) is 1.93. The highest BCUT2D eigenvalue weighted by Crippen LogP contribution is 2.34. The normalized spacial score (nSPS) is 19.5. The van der Waals surface area contributed by atoms with Crippen molar-refractivity contribution in [2.24, 2.45) is 5.92 Å². The van der Waals surface area contributed by atoms with Gasteiger partial charge in [0.05, 0.1) is 7.11 Å². The molecule has 0 aromatic carbocycles. The number of hydrogen-bond acceptors (Lipinski definition) is 6. The summed E-state index contributed by atoms with van der Waals surface area (Å²) in [6.07, 6.45) is 2.51. The largest absolute Gasteiger partial charge is 0.490 e. The van der Waals surface area contributed by atoms with Gasteiger partial charge in [0.1, 0.15) is 6.33 Å². The lowest BCUT2D eigenvalue weighted by atomic mass is 10.1. The molecule has 6 heteroatoms. The number of aliphatic hydroxyl groups excluding tert-OH is 1. The van der Waals surface area contributed by atoms with Gasteiger partial charge in [-0.05, 0) is 6.42 Å². The van der Waals surface area contributed by atoms with Crippen molar-refractivity contribution < 1.29 is 9.84 Å². The molecule has 94 valence electrons. The van der Waals surface area contributed by atoms with E-state index in [0.717, 1.165) is 25.3 Å². The molecule has 0 saturated carbocycles. The highest BCUT2D eigenvalue weighted by Gasteiger charge is 2.26. The van der Waals surface area contributed by atoms with Crippen LogP contribution in [0.4, 0.5) is 11.6 Å². The van der Waals surface area contributed by atoms with Gasteiger partial charge < -0.3 is 20.1 Å². The first-order valence-electron chi connectivity index (χ1n) is 5.72. The molecule has 1 aromatic heterocycles. The summed E-state index contributed by atoms with van der Waals surface area (Å²) in [5.74, 6) is 2.47. The average Bonchev–Trinajstić information content (AvgIpc) is 2.86. The van der Waals surface area contributed by atoms with Gasteiger partial charge in [0.2, 0.25) is 5.75 Å². The Hall–Kier alpha value is -1.56. The molecule has 0 amide bonds. The summed E-state index contributed by atoms with van der Waals surface area (Å²) in [4.78, 5) is 10.5. The second kappa shape index (κ2) is 5.18. The predicted octanol–water partition coefficient (Wildman–Crippen LogP) is 0.345. The lowest BCUT2D eigenvalue weighted by molar-refractivity contribution is 0.238. The average molecular weight is 238 g/mol. The van der Waals surface area contributed by atoms with Crippen LogP contribution in [0.1, 0.15) is 6.42 Å². The lowest BCUT2D eigenvalue weighted by Crippen LogP contribution is -2.22. The zero-order valence-electron chi connectivity index (χ0n) is 10.2. The van der Waals surface area contributed by atoms with Crippen LogP contribution in [0, 0.1) is 5.92 Å². The molecule has 1 fully saturated rings.